The smallest absolute Gasteiger partial charge is 0.317 e. The quantitative estimate of drug-likeness (QED) is 0.825. The second kappa shape index (κ2) is 5.81. The number of amides is 2. The van der Waals surface area contributed by atoms with Gasteiger partial charge in [0.1, 0.15) is 5.01 Å². The minimum Gasteiger partial charge on any atom is -0.395 e. The van der Waals surface area contributed by atoms with E-state index in [0.717, 1.165) is 10.7 Å². The summed E-state index contributed by atoms with van der Waals surface area (Å²) in [5, 5.41) is 12.3. The van der Waals surface area contributed by atoms with Crippen molar-refractivity contribution >= 4 is 17.4 Å². The Morgan fingerprint density at radius 2 is 2.25 bits per heavy atom. The van der Waals surface area contributed by atoms with E-state index in [-0.39, 0.29) is 12.6 Å². The van der Waals surface area contributed by atoms with Gasteiger partial charge in [0.2, 0.25) is 0 Å². The normalized spacial score (nSPS) is 10.2. The predicted molar refractivity (Wildman–Crippen MR) is 63.5 cm³/mol. The van der Waals surface area contributed by atoms with Crippen molar-refractivity contribution in [1.82, 2.24) is 15.2 Å². The third-order valence-electron chi connectivity index (χ3n) is 2.25. The summed E-state index contributed by atoms with van der Waals surface area (Å²) in [5.74, 6) is 0. The monoisotopic (exact) mass is 243 g/mol. The van der Waals surface area contributed by atoms with Crippen molar-refractivity contribution in [3.05, 3.63) is 15.6 Å². The van der Waals surface area contributed by atoms with Crippen molar-refractivity contribution in [3.63, 3.8) is 0 Å². The van der Waals surface area contributed by atoms with Crippen LogP contribution in [0.1, 0.15) is 15.6 Å². The van der Waals surface area contributed by atoms with E-state index in [1.54, 1.807) is 18.4 Å². The second-order valence-electron chi connectivity index (χ2n) is 3.55. The van der Waals surface area contributed by atoms with Gasteiger partial charge in [-0.3, -0.25) is 0 Å². The first-order chi connectivity index (χ1) is 7.54. The molecule has 16 heavy (non-hydrogen) atoms. The Hall–Kier alpha value is -1.14. The van der Waals surface area contributed by atoms with Gasteiger partial charge in [0.15, 0.2) is 0 Å². The van der Waals surface area contributed by atoms with Gasteiger partial charge in [-0.05, 0) is 13.8 Å². The molecule has 1 rings (SSSR count). The number of aromatic nitrogens is 1. The number of rotatable bonds is 4. The van der Waals surface area contributed by atoms with E-state index >= 15 is 0 Å². The highest BCUT2D eigenvalue weighted by Crippen LogP contribution is 2.15. The molecule has 0 bridgehead atoms. The number of aryl methyl sites for hydroxylation is 2. The standard InChI is InChI=1S/C10H17N3O2S/c1-7-8(2)16-9(12-7)6-11-10(15)13(3)4-5-14/h14H,4-6H2,1-3H3,(H,11,15). The first-order valence-electron chi connectivity index (χ1n) is 5.07. The lowest BCUT2D eigenvalue weighted by Crippen LogP contribution is -2.38. The van der Waals surface area contributed by atoms with Crippen LogP contribution in [0.25, 0.3) is 0 Å². The zero-order valence-electron chi connectivity index (χ0n) is 9.78. The summed E-state index contributed by atoms with van der Waals surface area (Å²) in [5.41, 5.74) is 1.01. The van der Waals surface area contributed by atoms with Crippen LogP contribution in [0.2, 0.25) is 0 Å². The van der Waals surface area contributed by atoms with Crippen LogP contribution >= 0.6 is 11.3 Å². The molecule has 2 N–H and O–H groups in total. The Bertz CT molecular complexity index is 345. The van der Waals surface area contributed by atoms with Crippen LogP contribution in [0, 0.1) is 13.8 Å². The molecule has 0 aliphatic carbocycles. The highest BCUT2D eigenvalue weighted by Gasteiger charge is 2.09. The number of nitrogens with one attached hydrogen (secondary N) is 1. The van der Waals surface area contributed by atoms with Crippen molar-refractivity contribution in [2.45, 2.75) is 20.4 Å². The molecule has 0 unspecified atom stereocenters. The molecule has 0 spiro atoms. The fourth-order valence-electron chi connectivity index (χ4n) is 1.15. The minimum atomic E-state index is -0.195. The lowest BCUT2D eigenvalue weighted by molar-refractivity contribution is 0.190. The van der Waals surface area contributed by atoms with Gasteiger partial charge in [-0.2, -0.15) is 0 Å². The first-order valence-corrected chi connectivity index (χ1v) is 5.89. The Labute approximate surface area is 99.1 Å². The number of thiazole rings is 1. The van der Waals surface area contributed by atoms with E-state index in [9.17, 15) is 4.79 Å². The molecule has 1 aromatic heterocycles. The van der Waals surface area contributed by atoms with Gasteiger partial charge in [-0.15, -0.1) is 11.3 Å². The van der Waals surface area contributed by atoms with Gasteiger partial charge in [0.05, 0.1) is 18.8 Å². The molecule has 0 fully saturated rings. The van der Waals surface area contributed by atoms with Crippen LogP contribution in [-0.2, 0) is 6.54 Å². The summed E-state index contributed by atoms with van der Waals surface area (Å²) in [4.78, 5) is 18.4. The summed E-state index contributed by atoms with van der Waals surface area (Å²) >= 11 is 1.59. The van der Waals surface area contributed by atoms with Gasteiger partial charge < -0.3 is 15.3 Å². The molecule has 0 saturated heterocycles. The molecule has 6 heteroatoms. The van der Waals surface area contributed by atoms with E-state index in [4.69, 9.17) is 5.11 Å². The van der Waals surface area contributed by atoms with Crippen LogP contribution in [0.3, 0.4) is 0 Å². The number of hydrogen-bond acceptors (Lipinski definition) is 4. The van der Waals surface area contributed by atoms with E-state index in [1.165, 1.54) is 9.78 Å². The van der Waals surface area contributed by atoms with Crippen molar-refractivity contribution in [1.29, 1.82) is 0 Å². The zero-order valence-corrected chi connectivity index (χ0v) is 10.6. The lowest BCUT2D eigenvalue weighted by Gasteiger charge is -2.15. The lowest BCUT2D eigenvalue weighted by atomic mass is 10.4. The highest BCUT2D eigenvalue weighted by atomic mass is 32.1. The largest absolute Gasteiger partial charge is 0.395 e. The molecule has 90 valence electrons. The first kappa shape index (κ1) is 12.9. The van der Waals surface area contributed by atoms with E-state index in [1.807, 2.05) is 13.8 Å². The summed E-state index contributed by atoms with van der Waals surface area (Å²) in [7, 11) is 1.64. The second-order valence-corrected chi connectivity index (χ2v) is 4.84. The maximum absolute atomic E-state index is 11.5. The molecular formula is C10H17N3O2S. The number of nitrogens with zero attached hydrogens (tertiary/aromatic N) is 2. The third kappa shape index (κ3) is 3.46. The van der Waals surface area contributed by atoms with Crippen molar-refractivity contribution in [2.75, 3.05) is 20.2 Å². The molecule has 0 radical (unpaired) electrons. The SMILES string of the molecule is Cc1nc(CNC(=O)N(C)CCO)sc1C. The van der Waals surface area contributed by atoms with Crippen molar-refractivity contribution in [3.8, 4) is 0 Å². The molecule has 0 saturated carbocycles. The van der Waals surface area contributed by atoms with Gasteiger partial charge >= 0.3 is 6.03 Å². The Kier molecular flexibility index (Phi) is 4.70. The average molecular weight is 243 g/mol. The molecule has 5 nitrogen and oxygen atoms in total. The summed E-state index contributed by atoms with van der Waals surface area (Å²) in [6, 6.07) is -0.195. The Balaban J connectivity index is 2.42. The van der Waals surface area contributed by atoms with Crippen LogP contribution in [0.5, 0.6) is 0 Å². The molecule has 2 amide bonds. The number of hydrogen-bond donors (Lipinski definition) is 2. The van der Waals surface area contributed by atoms with Crippen molar-refractivity contribution in [2.24, 2.45) is 0 Å². The van der Waals surface area contributed by atoms with E-state index in [2.05, 4.69) is 10.3 Å². The maximum Gasteiger partial charge on any atom is 0.317 e. The molecule has 1 heterocycles. The third-order valence-corrected chi connectivity index (χ3v) is 3.32. The number of carbonyl (C=O) groups is 1. The number of likely N-dealkylation sites (N-methyl/N-ethyl adjacent to an activating group) is 1. The fourth-order valence-corrected chi connectivity index (χ4v) is 2.03. The number of aliphatic hydroxyl groups excluding tert-OH is 1. The Morgan fingerprint density at radius 1 is 1.56 bits per heavy atom. The fraction of sp³-hybridized carbons (Fsp3) is 0.600. The molecule has 0 aromatic carbocycles. The Morgan fingerprint density at radius 3 is 2.75 bits per heavy atom. The van der Waals surface area contributed by atoms with Gasteiger partial charge in [-0.25, -0.2) is 9.78 Å². The van der Waals surface area contributed by atoms with Gasteiger partial charge in [0, 0.05) is 18.5 Å². The van der Waals surface area contributed by atoms with E-state index in [0.29, 0.717) is 13.1 Å². The highest BCUT2D eigenvalue weighted by molar-refractivity contribution is 7.11. The van der Waals surface area contributed by atoms with Crippen LogP contribution in [-0.4, -0.2) is 41.2 Å². The molecule has 0 aliphatic rings. The zero-order chi connectivity index (χ0) is 12.1. The molecule has 0 aliphatic heterocycles. The average Bonchev–Trinajstić information content (AvgIpc) is 2.55. The maximum atomic E-state index is 11.5. The van der Waals surface area contributed by atoms with Crippen LogP contribution < -0.4 is 5.32 Å². The topological polar surface area (TPSA) is 65.5 Å². The molecule has 0 atom stereocenters. The predicted octanol–water partition coefficient (Wildman–Crippen LogP) is 0.894. The minimum absolute atomic E-state index is 0.0284. The molecular weight excluding hydrogens is 226 g/mol. The molecule has 1 aromatic rings. The van der Waals surface area contributed by atoms with Crippen molar-refractivity contribution < 1.29 is 9.90 Å². The number of urea groups is 1. The summed E-state index contributed by atoms with van der Waals surface area (Å²) < 4.78 is 0. The van der Waals surface area contributed by atoms with Crippen LogP contribution in [0.15, 0.2) is 0 Å². The summed E-state index contributed by atoms with van der Waals surface area (Å²) in [6.45, 7) is 4.71. The van der Waals surface area contributed by atoms with E-state index < -0.39 is 0 Å². The number of carbonyl (C=O) groups excluding carboxylic acids is 1. The van der Waals surface area contributed by atoms with Gasteiger partial charge in [0.25, 0.3) is 0 Å². The van der Waals surface area contributed by atoms with Gasteiger partial charge in [-0.1, -0.05) is 0 Å². The summed E-state index contributed by atoms with van der Waals surface area (Å²) in [6.07, 6.45) is 0. The number of aliphatic hydroxyl groups is 1. The van der Waals surface area contributed by atoms with Crippen LogP contribution in [0.4, 0.5) is 4.79 Å².